The molecule has 0 amide bonds. The van der Waals surface area contributed by atoms with E-state index in [1.54, 1.807) is 20.8 Å². The molecule has 1 unspecified atom stereocenters. The van der Waals surface area contributed by atoms with Crippen molar-refractivity contribution < 1.29 is 12.8 Å². The molecule has 1 rings (SSSR count). The van der Waals surface area contributed by atoms with Crippen molar-refractivity contribution in [2.75, 3.05) is 13.6 Å². The molecular formula is C12H19FN2O2S. The first-order valence-electron chi connectivity index (χ1n) is 5.66. The molecule has 0 spiro atoms. The lowest BCUT2D eigenvalue weighted by atomic mass is 10.1. The van der Waals surface area contributed by atoms with Gasteiger partial charge in [-0.25, -0.2) is 12.8 Å². The van der Waals surface area contributed by atoms with Gasteiger partial charge in [0.05, 0.1) is 4.90 Å². The number of hydrogen-bond acceptors (Lipinski definition) is 3. The van der Waals surface area contributed by atoms with Gasteiger partial charge in [0.2, 0.25) is 10.0 Å². The second kappa shape index (κ2) is 5.34. The number of rotatable bonds is 4. The summed E-state index contributed by atoms with van der Waals surface area (Å²) in [6.45, 7) is 5.13. The van der Waals surface area contributed by atoms with E-state index < -0.39 is 15.8 Å². The number of aryl methyl sites for hydroxylation is 2. The maximum Gasteiger partial charge on any atom is 0.243 e. The lowest BCUT2D eigenvalue weighted by Gasteiger charge is -2.24. The number of hydrogen-bond donors (Lipinski definition) is 1. The van der Waals surface area contributed by atoms with Crippen LogP contribution in [0.15, 0.2) is 17.0 Å². The van der Waals surface area contributed by atoms with E-state index >= 15 is 0 Å². The van der Waals surface area contributed by atoms with Gasteiger partial charge >= 0.3 is 0 Å². The molecule has 0 aliphatic carbocycles. The van der Waals surface area contributed by atoms with Crippen LogP contribution < -0.4 is 5.73 Å². The van der Waals surface area contributed by atoms with E-state index in [4.69, 9.17) is 5.73 Å². The average Bonchev–Trinajstić information content (AvgIpc) is 2.24. The maximum absolute atomic E-state index is 13.2. The molecular weight excluding hydrogens is 255 g/mol. The summed E-state index contributed by atoms with van der Waals surface area (Å²) in [6.07, 6.45) is 0. The molecule has 0 radical (unpaired) electrons. The molecule has 1 aromatic carbocycles. The van der Waals surface area contributed by atoms with Crippen LogP contribution in [0.2, 0.25) is 0 Å². The van der Waals surface area contributed by atoms with Crippen molar-refractivity contribution in [1.29, 1.82) is 0 Å². The van der Waals surface area contributed by atoms with E-state index in [9.17, 15) is 12.8 Å². The highest BCUT2D eigenvalue weighted by molar-refractivity contribution is 7.89. The predicted molar refractivity (Wildman–Crippen MR) is 69.3 cm³/mol. The SMILES string of the molecule is Cc1cc(F)cc(C)c1S(=O)(=O)N(C)C(C)CN. The molecule has 102 valence electrons. The Labute approximate surface area is 108 Å². The van der Waals surface area contributed by atoms with Gasteiger partial charge in [0.25, 0.3) is 0 Å². The predicted octanol–water partition coefficient (Wildman–Crippen LogP) is 1.41. The molecule has 6 heteroatoms. The first kappa shape index (κ1) is 15.1. The van der Waals surface area contributed by atoms with Crippen LogP contribution in [0.4, 0.5) is 4.39 Å². The summed E-state index contributed by atoms with van der Waals surface area (Å²) in [5.41, 5.74) is 6.29. The number of sulfonamides is 1. The number of halogens is 1. The molecule has 0 saturated heterocycles. The Balaban J connectivity index is 3.38. The van der Waals surface area contributed by atoms with Crippen molar-refractivity contribution in [1.82, 2.24) is 4.31 Å². The van der Waals surface area contributed by atoms with Gasteiger partial charge in [-0.2, -0.15) is 4.31 Å². The van der Waals surface area contributed by atoms with Gasteiger partial charge in [0.15, 0.2) is 0 Å². The molecule has 0 saturated carbocycles. The Morgan fingerprint density at radius 3 is 2.17 bits per heavy atom. The van der Waals surface area contributed by atoms with Gasteiger partial charge in [-0.3, -0.25) is 0 Å². The maximum atomic E-state index is 13.2. The molecule has 1 aromatic rings. The summed E-state index contributed by atoms with van der Waals surface area (Å²) in [6, 6.07) is 2.14. The van der Waals surface area contributed by atoms with E-state index in [1.165, 1.54) is 23.5 Å². The quantitative estimate of drug-likeness (QED) is 0.903. The van der Waals surface area contributed by atoms with Crippen LogP contribution in [-0.2, 0) is 10.0 Å². The van der Waals surface area contributed by atoms with Crippen LogP contribution in [0.25, 0.3) is 0 Å². The van der Waals surface area contributed by atoms with Crippen LogP contribution >= 0.6 is 0 Å². The highest BCUT2D eigenvalue weighted by Crippen LogP contribution is 2.25. The van der Waals surface area contributed by atoms with Crippen LogP contribution in [0.5, 0.6) is 0 Å². The summed E-state index contributed by atoms with van der Waals surface area (Å²) in [4.78, 5) is 0.159. The first-order chi connectivity index (χ1) is 8.21. The van der Waals surface area contributed by atoms with Crippen molar-refractivity contribution in [2.24, 2.45) is 5.73 Å². The van der Waals surface area contributed by atoms with Crippen molar-refractivity contribution >= 4 is 10.0 Å². The summed E-state index contributed by atoms with van der Waals surface area (Å²) in [5, 5.41) is 0. The summed E-state index contributed by atoms with van der Waals surface area (Å²) >= 11 is 0. The normalized spacial score (nSPS) is 13.9. The molecule has 1 atom stereocenters. The fourth-order valence-corrected chi connectivity index (χ4v) is 3.61. The Morgan fingerprint density at radius 1 is 1.33 bits per heavy atom. The zero-order valence-electron chi connectivity index (χ0n) is 11.1. The fourth-order valence-electron chi connectivity index (χ4n) is 1.83. The second-order valence-electron chi connectivity index (χ2n) is 4.47. The number of nitrogens with two attached hydrogens (primary N) is 1. The van der Waals surface area contributed by atoms with Gasteiger partial charge in [-0.05, 0) is 44.0 Å². The minimum atomic E-state index is -3.64. The number of likely N-dealkylation sites (N-methyl/N-ethyl adjacent to an activating group) is 1. The highest BCUT2D eigenvalue weighted by Gasteiger charge is 2.28. The molecule has 2 N–H and O–H groups in total. The topological polar surface area (TPSA) is 63.4 Å². The van der Waals surface area contributed by atoms with Crippen LogP contribution in [-0.4, -0.2) is 32.4 Å². The highest BCUT2D eigenvalue weighted by atomic mass is 32.2. The van der Waals surface area contributed by atoms with Crippen molar-refractivity contribution in [3.8, 4) is 0 Å². The Bertz CT molecular complexity index is 520. The molecule has 4 nitrogen and oxygen atoms in total. The van der Waals surface area contributed by atoms with E-state index in [0.29, 0.717) is 11.1 Å². The van der Waals surface area contributed by atoms with E-state index in [1.807, 2.05) is 0 Å². The third-order valence-electron chi connectivity index (χ3n) is 3.02. The standard InChI is InChI=1S/C12H19FN2O2S/c1-8-5-11(13)6-9(2)12(8)18(16,17)15(4)10(3)7-14/h5-6,10H,7,14H2,1-4H3. The Kier molecular flexibility index (Phi) is 4.47. The minimum Gasteiger partial charge on any atom is -0.329 e. The van der Waals surface area contributed by atoms with Gasteiger partial charge in [-0.1, -0.05) is 0 Å². The summed E-state index contributed by atoms with van der Waals surface area (Å²) in [5.74, 6) is -0.432. The first-order valence-corrected chi connectivity index (χ1v) is 7.10. The van der Waals surface area contributed by atoms with Crippen LogP contribution in [0.3, 0.4) is 0 Å². The molecule has 0 heterocycles. The molecule has 18 heavy (non-hydrogen) atoms. The van der Waals surface area contributed by atoms with Crippen molar-refractivity contribution in [3.63, 3.8) is 0 Å². The lowest BCUT2D eigenvalue weighted by Crippen LogP contribution is -2.40. The van der Waals surface area contributed by atoms with Gasteiger partial charge in [0.1, 0.15) is 5.82 Å². The van der Waals surface area contributed by atoms with E-state index in [-0.39, 0.29) is 17.5 Å². The molecule has 0 aromatic heterocycles. The number of nitrogens with zero attached hydrogens (tertiary/aromatic N) is 1. The monoisotopic (exact) mass is 274 g/mol. The fraction of sp³-hybridized carbons (Fsp3) is 0.500. The summed E-state index contributed by atoms with van der Waals surface area (Å²) in [7, 11) is -2.16. The number of benzene rings is 1. The van der Waals surface area contributed by atoms with Crippen molar-refractivity contribution in [2.45, 2.75) is 31.7 Å². The largest absolute Gasteiger partial charge is 0.329 e. The van der Waals surface area contributed by atoms with Crippen LogP contribution in [0, 0.1) is 19.7 Å². The minimum absolute atomic E-state index is 0.159. The average molecular weight is 274 g/mol. The molecule has 0 aliphatic heterocycles. The molecule has 0 bridgehead atoms. The molecule has 0 fully saturated rings. The third-order valence-corrected chi connectivity index (χ3v) is 5.30. The Hall–Kier alpha value is -0.980. The van der Waals surface area contributed by atoms with Crippen molar-refractivity contribution in [3.05, 3.63) is 29.1 Å². The van der Waals surface area contributed by atoms with Crippen LogP contribution in [0.1, 0.15) is 18.1 Å². The molecule has 0 aliphatic rings. The third kappa shape index (κ3) is 2.71. The second-order valence-corrected chi connectivity index (χ2v) is 6.41. The van der Waals surface area contributed by atoms with Gasteiger partial charge in [-0.15, -0.1) is 0 Å². The van der Waals surface area contributed by atoms with E-state index in [2.05, 4.69) is 0 Å². The van der Waals surface area contributed by atoms with Gasteiger partial charge in [0, 0.05) is 19.6 Å². The lowest BCUT2D eigenvalue weighted by molar-refractivity contribution is 0.394. The Morgan fingerprint density at radius 2 is 1.78 bits per heavy atom. The smallest absolute Gasteiger partial charge is 0.243 e. The van der Waals surface area contributed by atoms with Gasteiger partial charge < -0.3 is 5.73 Å². The zero-order chi connectivity index (χ0) is 14.1. The zero-order valence-corrected chi connectivity index (χ0v) is 11.9. The summed E-state index contributed by atoms with van der Waals surface area (Å²) < 4.78 is 39.3. The van der Waals surface area contributed by atoms with E-state index in [0.717, 1.165) is 0 Å².